The lowest BCUT2D eigenvalue weighted by atomic mass is 10.0. The summed E-state index contributed by atoms with van der Waals surface area (Å²) in [6, 6.07) is 3.55. The number of H-pyrrole nitrogens is 1. The Morgan fingerprint density at radius 3 is 2.94 bits per heavy atom. The van der Waals surface area contributed by atoms with E-state index in [1.54, 1.807) is 0 Å². The quantitative estimate of drug-likeness (QED) is 0.793. The Labute approximate surface area is 96.9 Å². The molecule has 5 heteroatoms. The van der Waals surface area contributed by atoms with E-state index in [4.69, 9.17) is 0 Å². The first-order valence-electron chi connectivity index (χ1n) is 5.48. The second kappa shape index (κ2) is 3.92. The van der Waals surface area contributed by atoms with Gasteiger partial charge in [0.15, 0.2) is 0 Å². The lowest BCUT2D eigenvalue weighted by Crippen LogP contribution is -2.23. The zero-order valence-corrected chi connectivity index (χ0v) is 9.06. The van der Waals surface area contributed by atoms with Crippen LogP contribution < -0.4 is 5.32 Å². The van der Waals surface area contributed by atoms with Crippen molar-refractivity contribution in [3.63, 3.8) is 0 Å². The Bertz CT molecular complexity index is 563. The maximum absolute atomic E-state index is 13.7. The number of hydrogen-bond acceptors (Lipinski definition) is 2. The van der Waals surface area contributed by atoms with Crippen LogP contribution in [0, 0.1) is 11.6 Å². The van der Waals surface area contributed by atoms with E-state index in [1.807, 2.05) is 0 Å². The summed E-state index contributed by atoms with van der Waals surface area (Å²) in [4.78, 5) is 0. The van der Waals surface area contributed by atoms with Gasteiger partial charge in [-0.05, 0) is 12.1 Å². The van der Waals surface area contributed by atoms with Crippen molar-refractivity contribution in [2.24, 2.45) is 0 Å². The van der Waals surface area contributed by atoms with Crippen LogP contribution in [0.2, 0.25) is 0 Å². The Balaban J connectivity index is 2.12. The molecular formula is C12H11F2N3. The summed E-state index contributed by atoms with van der Waals surface area (Å²) in [5, 5.41) is 10.3. The van der Waals surface area contributed by atoms with Crippen molar-refractivity contribution < 1.29 is 8.78 Å². The van der Waals surface area contributed by atoms with Gasteiger partial charge in [0, 0.05) is 42.4 Å². The number of rotatable bonds is 1. The van der Waals surface area contributed by atoms with E-state index in [1.165, 1.54) is 12.1 Å². The molecule has 0 aliphatic carbocycles. The van der Waals surface area contributed by atoms with Gasteiger partial charge in [0.05, 0.1) is 5.69 Å². The molecule has 2 heterocycles. The molecule has 0 radical (unpaired) electrons. The smallest absolute Gasteiger partial charge is 0.135 e. The molecule has 2 aromatic rings. The number of nitrogens with zero attached hydrogens (tertiary/aromatic N) is 1. The lowest BCUT2D eigenvalue weighted by Gasteiger charge is -2.13. The fourth-order valence-corrected chi connectivity index (χ4v) is 2.13. The molecule has 0 fully saturated rings. The summed E-state index contributed by atoms with van der Waals surface area (Å²) >= 11 is 0. The van der Waals surface area contributed by atoms with E-state index in [-0.39, 0.29) is 0 Å². The summed E-state index contributed by atoms with van der Waals surface area (Å²) < 4.78 is 26.5. The first-order chi connectivity index (χ1) is 8.25. The molecule has 88 valence electrons. The molecule has 0 amide bonds. The van der Waals surface area contributed by atoms with Crippen molar-refractivity contribution in [2.75, 3.05) is 6.54 Å². The summed E-state index contributed by atoms with van der Waals surface area (Å²) in [7, 11) is 0. The second-order valence-corrected chi connectivity index (χ2v) is 4.08. The molecule has 1 aromatic carbocycles. The molecule has 2 N–H and O–H groups in total. The van der Waals surface area contributed by atoms with Crippen molar-refractivity contribution >= 4 is 0 Å². The third kappa shape index (κ3) is 1.72. The zero-order chi connectivity index (χ0) is 11.8. The van der Waals surface area contributed by atoms with Crippen LogP contribution in [-0.4, -0.2) is 16.7 Å². The van der Waals surface area contributed by atoms with Crippen molar-refractivity contribution in [1.29, 1.82) is 0 Å². The van der Waals surface area contributed by atoms with Crippen molar-refractivity contribution in [1.82, 2.24) is 15.5 Å². The van der Waals surface area contributed by atoms with Crippen LogP contribution in [0.3, 0.4) is 0 Å². The zero-order valence-electron chi connectivity index (χ0n) is 9.06. The Kier molecular flexibility index (Phi) is 2.40. The highest BCUT2D eigenvalue weighted by atomic mass is 19.1. The highest BCUT2D eigenvalue weighted by molar-refractivity contribution is 5.65. The normalized spacial score (nSPS) is 14.7. The average molecular weight is 235 g/mol. The first-order valence-corrected chi connectivity index (χ1v) is 5.48. The first kappa shape index (κ1) is 10.4. The van der Waals surface area contributed by atoms with Crippen LogP contribution >= 0.6 is 0 Å². The third-order valence-electron chi connectivity index (χ3n) is 2.99. The summed E-state index contributed by atoms with van der Waals surface area (Å²) in [5.41, 5.74) is 2.92. The van der Waals surface area contributed by atoms with Crippen LogP contribution in [0.1, 0.15) is 11.3 Å². The van der Waals surface area contributed by atoms with E-state index in [9.17, 15) is 8.78 Å². The molecule has 0 atom stereocenters. The van der Waals surface area contributed by atoms with Gasteiger partial charge in [-0.1, -0.05) is 0 Å². The molecular weight excluding hydrogens is 224 g/mol. The number of aromatic nitrogens is 2. The minimum Gasteiger partial charge on any atom is -0.312 e. The molecule has 3 nitrogen and oxygen atoms in total. The predicted octanol–water partition coefficient (Wildman–Crippen LogP) is 2.00. The van der Waals surface area contributed by atoms with E-state index >= 15 is 0 Å². The second-order valence-electron chi connectivity index (χ2n) is 4.08. The summed E-state index contributed by atoms with van der Waals surface area (Å²) in [6.07, 6.45) is 0.852. The van der Waals surface area contributed by atoms with Gasteiger partial charge in [0.2, 0.25) is 0 Å². The fourth-order valence-electron chi connectivity index (χ4n) is 2.13. The lowest BCUT2D eigenvalue weighted by molar-refractivity contribution is 0.585. The number of halogens is 2. The minimum absolute atomic E-state index is 0.340. The molecule has 17 heavy (non-hydrogen) atoms. The molecule has 0 unspecified atom stereocenters. The molecule has 0 saturated heterocycles. The van der Waals surface area contributed by atoms with E-state index < -0.39 is 11.6 Å². The molecule has 1 aliphatic heterocycles. The van der Waals surface area contributed by atoms with Gasteiger partial charge < -0.3 is 5.32 Å². The Morgan fingerprint density at radius 1 is 1.24 bits per heavy atom. The number of aromatic amines is 1. The van der Waals surface area contributed by atoms with Crippen molar-refractivity contribution in [2.45, 2.75) is 13.0 Å². The highest BCUT2D eigenvalue weighted by Gasteiger charge is 2.19. The number of benzene rings is 1. The predicted molar refractivity (Wildman–Crippen MR) is 59.4 cm³/mol. The van der Waals surface area contributed by atoms with Gasteiger partial charge in [-0.3, -0.25) is 5.10 Å². The van der Waals surface area contributed by atoms with Gasteiger partial charge in [-0.15, -0.1) is 0 Å². The molecule has 0 saturated carbocycles. The van der Waals surface area contributed by atoms with E-state index in [0.29, 0.717) is 17.8 Å². The standard InChI is InChI=1S/C12H11F2N3/c13-7-1-2-8(10(14)5-7)12-9-6-15-4-3-11(9)16-17-12/h1-2,5,15H,3-4,6H2,(H,16,17). The summed E-state index contributed by atoms with van der Waals surface area (Å²) in [6.45, 7) is 1.55. The molecule has 1 aromatic heterocycles. The van der Waals surface area contributed by atoms with Crippen molar-refractivity contribution in [3.8, 4) is 11.3 Å². The Hall–Kier alpha value is -1.75. The molecule has 3 rings (SSSR count). The number of nitrogens with one attached hydrogen (secondary N) is 2. The fraction of sp³-hybridized carbons (Fsp3) is 0.250. The van der Waals surface area contributed by atoms with Crippen LogP contribution in [0.25, 0.3) is 11.3 Å². The van der Waals surface area contributed by atoms with Gasteiger partial charge in [0.1, 0.15) is 11.6 Å². The SMILES string of the molecule is Fc1ccc(-c2n[nH]c3c2CNCC3)c(F)c1. The molecule has 1 aliphatic rings. The third-order valence-corrected chi connectivity index (χ3v) is 2.99. The average Bonchev–Trinajstić information content (AvgIpc) is 2.73. The monoisotopic (exact) mass is 235 g/mol. The maximum Gasteiger partial charge on any atom is 0.135 e. The van der Waals surface area contributed by atoms with Gasteiger partial charge in [-0.2, -0.15) is 5.10 Å². The number of hydrogen-bond donors (Lipinski definition) is 2. The minimum atomic E-state index is -0.579. The van der Waals surface area contributed by atoms with Gasteiger partial charge in [0.25, 0.3) is 0 Å². The van der Waals surface area contributed by atoms with Crippen LogP contribution in [-0.2, 0) is 13.0 Å². The van der Waals surface area contributed by atoms with E-state index in [2.05, 4.69) is 15.5 Å². The molecule has 0 spiro atoms. The topological polar surface area (TPSA) is 40.7 Å². The largest absolute Gasteiger partial charge is 0.312 e. The van der Waals surface area contributed by atoms with Gasteiger partial charge in [-0.25, -0.2) is 8.78 Å². The highest BCUT2D eigenvalue weighted by Crippen LogP contribution is 2.28. The van der Waals surface area contributed by atoms with Crippen LogP contribution in [0.15, 0.2) is 18.2 Å². The van der Waals surface area contributed by atoms with Gasteiger partial charge >= 0.3 is 0 Å². The number of fused-ring (bicyclic) bond motifs is 1. The van der Waals surface area contributed by atoms with Crippen LogP contribution in [0.4, 0.5) is 8.78 Å². The van der Waals surface area contributed by atoms with E-state index in [0.717, 1.165) is 30.3 Å². The summed E-state index contributed by atoms with van der Waals surface area (Å²) in [5.74, 6) is -1.15. The maximum atomic E-state index is 13.7. The van der Waals surface area contributed by atoms with Crippen molar-refractivity contribution in [3.05, 3.63) is 41.1 Å². The molecule has 0 bridgehead atoms. The Morgan fingerprint density at radius 2 is 2.12 bits per heavy atom. The van der Waals surface area contributed by atoms with Crippen LogP contribution in [0.5, 0.6) is 0 Å².